The Labute approximate surface area is 91.5 Å². The van der Waals surface area contributed by atoms with Crippen LogP contribution in [0.3, 0.4) is 0 Å². The lowest BCUT2D eigenvalue weighted by Gasteiger charge is -2.19. The molecular formula is C14H19F. The smallest absolute Gasteiger partial charge is 0.123 e. The Hall–Kier alpha value is -0.850. The maximum absolute atomic E-state index is 13.1. The third-order valence-electron chi connectivity index (χ3n) is 3.43. The Morgan fingerprint density at radius 1 is 0.933 bits per heavy atom. The quantitative estimate of drug-likeness (QED) is 0.627. The predicted molar refractivity (Wildman–Crippen MR) is 61.5 cm³/mol. The fraction of sp³-hybridized carbons (Fsp3) is 0.571. The van der Waals surface area contributed by atoms with Crippen molar-refractivity contribution in [2.24, 2.45) is 0 Å². The molecular weight excluding hydrogens is 187 g/mol. The van der Waals surface area contributed by atoms with E-state index in [1.807, 2.05) is 6.07 Å². The van der Waals surface area contributed by atoms with Crippen LogP contribution in [0.25, 0.3) is 0 Å². The van der Waals surface area contributed by atoms with Crippen molar-refractivity contribution >= 4 is 0 Å². The molecule has 0 radical (unpaired) electrons. The van der Waals surface area contributed by atoms with E-state index in [2.05, 4.69) is 6.07 Å². The van der Waals surface area contributed by atoms with Gasteiger partial charge >= 0.3 is 0 Å². The summed E-state index contributed by atoms with van der Waals surface area (Å²) >= 11 is 0. The van der Waals surface area contributed by atoms with Crippen LogP contribution in [0.5, 0.6) is 0 Å². The molecule has 1 fully saturated rings. The van der Waals surface area contributed by atoms with Gasteiger partial charge in [0.2, 0.25) is 0 Å². The van der Waals surface area contributed by atoms with Crippen LogP contribution in [-0.4, -0.2) is 0 Å². The molecule has 1 aliphatic rings. The minimum atomic E-state index is -0.0884. The standard InChI is InChI=1S/C14H19F/c15-14-10-6-9-13(11-14)12-7-4-2-1-3-5-8-12/h6,9-12H,1-5,7-8H2. The second kappa shape index (κ2) is 5.29. The largest absolute Gasteiger partial charge is 0.207 e. The SMILES string of the molecule is Fc1cccc(C2CCCCCCC2)c1. The number of benzene rings is 1. The molecule has 1 heteroatoms. The lowest BCUT2D eigenvalue weighted by Crippen LogP contribution is -2.02. The Morgan fingerprint density at radius 3 is 2.27 bits per heavy atom. The van der Waals surface area contributed by atoms with Crippen LogP contribution in [0.4, 0.5) is 4.39 Å². The topological polar surface area (TPSA) is 0 Å². The van der Waals surface area contributed by atoms with Gasteiger partial charge in [0.15, 0.2) is 0 Å². The molecule has 1 saturated carbocycles. The Balaban J connectivity index is 2.06. The number of hydrogen-bond donors (Lipinski definition) is 0. The molecule has 0 saturated heterocycles. The maximum atomic E-state index is 13.1. The zero-order valence-corrected chi connectivity index (χ0v) is 9.21. The summed E-state index contributed by atoms with van der Waals surface area (Å²) in [5, 5.41) is 0. The highest BCUT2D eigenvalue weighted by atomic mass is 19.1. The molecule has 0 aliphatic heterocycles. The summed E-state index contributed by atoms with van der Waals surface area (Å²) in [6, 6.07) is 7.16. The van der Waals surface area contributed by atoms with E-state index in [9.17, 15) is 4.39 Å². The first kappa shape index (κ1) is 10.7. The summed E-state index contributed by atoms with van der Waals surface area (Å²) in [5.41, 5.74) is 1.21. The van der Waals surface area contributed by atoms with Gasteiger partial charge in [-0.15, -0.1) is 0 Å². The molecule has 15 heavy (non-hydrogen) atoms. The Morgan fingerprint density at radius 2 is 1.60 bits per heavy atom. The molecule has 1 aromatic rings. The molecule has 82 valence electrons. The van der Waals surface area contributed by atoms with Gasteiger partial charge in [0.05, 0.1) is 0 Å². The highest BCUT2D eigenvalue weighted by molar-refractivity contribution is 5.20. The monoisotopic (exact) mass is 206 g/mol. The van der Waals surface area contributed by atoms with Crippen LogP contribution in [0.2, 0.25) is 0 Å². The number of rotatable bonds is 1. The average molecular weight is 206 g/mol. The molecule has 0 bridgehead atoms. The van der Waals surface area contributed by atoms with Gasteiger partial charge in [-0.05, 0) is 36.5 Å². The fourth-order valence-corrected chi connectivity index (χ4v) is 2.55. The maximum Gasteiger partial charge on any atom is 0.123 e. The zero-order chi connectivity index (χ0) is 10.5. The second-order valence-electron chi connectivity index (χ2n) is 4.60. The molecule has 0 N–H and O–H groups in total. The Kier molecular flexibility index (Phi) is 3.76. The summed E-state index contributed by atoms with van der Waals surface area (Å²) in [5.74, 6) is 0.510. The van der Waals surface area contributed by atoms with Gasteiger partial charge in [-0.1, -0.05) is 44.2 Å². The molecule has 2 rings (SSSR count). The first-order valence-corrected chi connectivity index (χ1v) is 6.12. The van der Waals surface area contributed by atoms with Crippen LogP contribution < -0.4 is 0 Å². The molecule has 0 nitrogen and oxygen atoms in total. The number of hydrogen-bond acceptors (Lipinski definition) is 0. The van der Waals surface area contributed by atoms with Gasteiger partial charge < -0.3 is 0 Å². The summed E-state index contributed by atoms with van der Waals surface area (Å²) in [6.07, 6.45) is 9.18. The van der Waals surface area contributed by atoms with Crippen molar-refractivity contribution in [2.45, 2.75) is 50.9 Å². The van der Waals surface area contributed by atoms with Crippen molar-refractivity contribution in [1.82, 2.24) is 0 Å². The van der Waals surface area contributed by atoms with Gasteiger partial charge in [-0.2, -0.15) is 0 Å². The van der Waals surface area contributed by atoms with Crippen molar-refractivity contribution in [3.05, 3.63) is 35.6 Å². The van der Waals surface area contributed by atoms with E-state index >= 15 is 0 Å². The third kappa shape index (κ3) is 3.05. The van der Waals surface area contributed by atoms with E-state index in [1.54, 1.807) is 6.07 Å². The van der Waals surface area contributed by atoms with Crippen LogP contribution in [0.1, 0.15) is 56.4 Å². The van der Waals surface area contributed by atoms with Gasteiger partial charge in [0.1, 0.15) is 5.82 Å². The van der Waals surface area contributed by atoms with E-state index in [4.69, 9.17) is 0 Å². The molecule has 1 aromatic carbocycles. The molecule has 1 aliphatic carbocycles. The van der Waals surface area contributed by atoms with Crippen molar-refractivity contribution in [3.8, 4) is 0 Å². The molecule has 0 heterocycles. The highest BCUT2D eigenvalue weighted by Crippen LogP contribution is 2.30. The highest BCUT2D eigenvalue weighted by Gasteiger charge is 2.13. The summed E-state index contributed by atoms with van der Waals surface area (Å²) < 4.78 is 13.1. The van der Waals surface area contributed by atoms with Gasteiger partial charge in [0, 0.05) is 0 Å². The summed E-state index contributed by atoms with van der Waals surface area (Å²) in [7, 11) is 0. The van der Waals surface area contributed by atoms with E-state index in [0.717, 1.165) is 0 Å². The van der Waals surface area contributed by atoms with Crippen LogP contribution >= 0.6 is 0 Å². The summed E-state index contributed by atoms with van der Waals surface area (Å²) in [6.45, 7) is 0. The van der Waals surface area contributed by atoms with Gasteiger partial charge in [-0.3, -0.25) is 0 Å². The first-order chi connectivity index (χ1) is 7.36. The normalized spacial score (nSPS) is 19.5. The molecule has 0 spiro atoms. The lowest BCUT2D eigenvalue weighted by atomic mass is 9.86. The van der Waals surface area contributed by atoms with Crippen molar-refractivity contribution in [2.75, 3.05) is 0 Å². The van der Waals surface area contributed by atoms with Crippen molar-refractivity contribution in [1.29, 1.82) is 0 Å². The molecule has 0 amide bonds. The van der Waals surface area contributed by atoms with E-state index < -0.39 is 0 Å². The van der Waals surface area contributed by atoms with Crippen LogP contribution in [0.15, 0.2) is 24.3 Å². The number of halogens is 1. The second-order valence-corrected chi connectivity index (χ2v) is 4.60. The lowest BCUT2D eigenvalue weighted by molar-refractivity contribution is 0.454. The average Bonchev–Trinajstić information content (AvgIpc) is 2.16. The van der Waals surface area contributed by atoms with E-state index in [1.165, 1.54) is 56.6 Å². The van der Waals surface area contributed by atoms with Crippen LogP contribution in [-0.2, 0) is 0 Å². The van der Waals surface area contributed by atoms with Gasteiger partial charge in [0.25, 0.3) is 0 Å². The fourth-order valence-electron chi connectivity index (χ4n) is 2.55. The van der Waals surface area contributed by atoms with Crippen LogP contribution in [0, 0.1) is 5.82 Å². The minimum absolute atomic E-state index is 0.0884. The van der Waals surface area contributed by atoms with E-state index in [0.29, 0.717) is 5.92 Å². The molecule has 0 atom stereocenters. The summed E-state index contributed by atoms with van der Waals surface area (Å²) in [4.78, 5) is 0. The Bertz CT molecular complexity index is 298. The van der Waals surface area contributed by atoms with E-state index in [-0.39, 0.29) is 5.82 Å². The third-order valence-corrected chi connectivity index (χ3v) is 3.43. The van der Waals surface area contributed by atoms with Gasteiger partial charge in [-0.25, -0.2) is 4.39 Å². The predicted octanol–water partition coefficient (Wildman–Crippen LogP) is 4.65. The minimum Gasteiger partial charge on any atom is -0.207 e. The first-order valence-electron chi connectivity index (χ1n) is 6.12. The van der Waals surface area contributed by atoms with Crippen molar-refractivity contribution in [3.63, 3.8) is 0 Å². The van der Waals surface area contributed by atoms with Crippen molar-refractivity contribution < 1.29 is 4.39 Å². The molecule has 0 aromatic heterocycles. The zero-order valence-electron chi connectivity index (χ0n) is 9.21. The molecule has 0 unspecified atom stereocenters.